The second-order valence-corrected chi connectivity index (χ2v) is 12.2. The van der Waals surface area contributed by atoms with Crippen LogP contribution in [0.1, 0.15) is 36.1 Å². The number of hydrogen-bond donors (Lipinski definition) is 1. The Bertz CT molecular complexity index is 1340. The first kappa shape index (κ1) is 23.8. The van der Waals surface area contributed by atoms with Gasteiger partial charge in [0.05, 0.1) is 12.2 Å². The van der Waals surface area contributed by atoms with Gasteiger partial charge in [-0.05, 0) is 74.7 Å². The van der Waals surface area contributed by atoms with Crippen LogP contribution in [0, 0.1) is 13.8 Å². The molecule has 5 nitrogen and oxygen atoms in total. The van der Waals surface area contributed by atoms with Crippen LogP contribution in [0.5, 0.6) is 0 Å². The molecular weight excluding hydrogens is 478 g/mol. The van der Waals surface area contributed by atoms with Crippen LogP contribution in [0.3, 0.4) is 0 Å². The molecule has 7 heteroatoms. The summed E-state index contributed by atoms with van der Waals surface area (Å²) in [7, 11) is 0. The highest BCUT2D eigenvalue weighted by Crippen LogP contribution is 2.60. The van der Waals surface area contributed by atoms with Crippen LogP contribution in [0.4, 0.5) is 16.2 Å². The standard InChI is InChI=1S/C28H28ClN3O2S/c1-18-8-7-11-22(14-18)30-26(34)32-17-27(3,4)35-28(32)23-15-21(29)12-13-24(23)31(25(28)33)16-20-10-6-5-9-19(20)2/h5-15H,16-17H2,1-4H3,(H,30,34). The predicted molar refractivity (Wildman–Crippen MR) is 144 cm³/mol. The van der Waals surface area contributed by atoms with E-state index in [1.54, 1.807) is 15.9 Å². The van der Waals surface area contributed by atoms with Gasteiger partial charge in [0.1, 0.15) is 0 Å². The molecule has 1 spiro atoms. The molecule has 1 atom stereocenters. The summed E-state index contributed by atoms with van der Waals surface area (Å²) in [6.07, 6.45) is 0. The molecule has 1 N–H and O–H groups in total. The van der Waals surface area contributed by atoms with E-state index in [4.69, 9.17) is 11.6 Å². The summed E-state index contributed by atoms with van der Waals surface area (Å²) < 4.78 is -0.335. The molecule has 0 saturated carbocycles. The topological polar surface area (TPSA) is 52.7 Å². The molecule has 0 aromatic heterocycles. The maximum Gasteiger partial charge on any atom is 0.323 e. The molecule has 2 aliphatic rings. The van der Waals surface area contributed by atoms with E-state index in [0.717, 1.165) is 27.9 Å². The molecule has 3 aromatic carbocycles. The van der Waals surface area contributed by atoms with Crippen LogP contribution in [0.15, 0.2) is 66.7 Å². The van der Waals surface area contributed by atoms with Crippen LogP contribution in [-0.2, 0) is 16.2 Å². The highest BCUT2D eigenvalue weighted by atomic mass is 35.5. The Labute approximate surface area is 215 Å². The summed E-state index contributed by atoms with van der Waals surface area (Å²) in [5, 5.41) is 3.56. The van der Waals surface area contributed by atoms with Crippen molar-refractivity contribution < 1.29 is 9.59 Å². The SMILES string of the molecule is Cc1cccc(NC(=O)N2CC(C)(C)SC23C(=O)N(Cc2ccccc2C)c2ccc(Cl)cc23)c1. The number of halogens is 1. The Morgan fingerprint density at radius 2 is 1.83 bits per heavy atom. The van der Waals surface area contributed by atoms with Crippen LogP contribution in [0.25, 0.3) is 0 Å². The Kier molecular flexibility index (Phi) is 5.85. The summed E-state index contributed by atoms with van der Waals surface area (Å²) in [6.45, 7) is 9.01. The number of anilines is 2. The molecule has 0 aliphatic carbocycles. The quantitative estimate of drug-likeness (QED) is 0.430. The zero-order chi connectivity index (χ0) is 25.0. The number of amides is 3. The molecule has 3 amide bonds. The summed E-state index contributed by atoms with van der Waals surface area (Å²) in [6, 6.07) is 21.0. The third kappa shape index (κ3) is 4.09. The number of carbonyl (C=O) groups is 2. The van der Waals surface area contributed by atoms with Crippen molar-refractivity contribution >= 4 is 46.7 Å². The fraction of sp³-hybridized carbons (Fsp3) is 0.286. The molecule has 35 heavy (non-hydrogen) atoms. The summed E-state index contributed by atoms with van der Waals surface area (Å²) in [4.78, 5) is 30.4. The van der Waals surface area contributed by atoms with Crippen molar-refractivity contribution in [2.24, 2.45) is 0 Å². The molecule has 1 saturated heterocycles. The van der Waals surface area contributed by atoms with Crippen molar-refractivity contribution in [3.63, 3.8) is 0 Å². The Morgan fingerprint density at radius 1 is 1.06 bits per heavy atom. The van der Waals surface area contributed by atoms with Gasteiger partial charge >= 0.3 is 6.03 Å². The molecular formula is C28H28ClN3O2S. The number of rotatable bonds is 3. The molecule has 2 heterocycles. The van der Waals surface area contributed by atoms with Gasteiger partial charge in [-0.3, -0.25) is 9.69 Å². The number of urea groups is 1. The van der Waals surface area contributed by atoms with Crippen molar-refractivity contribution in [3.8, 4) is 0 Å². The van der Waals surface area contributed by atoms with E-state index in [2.05, 4.69) is 19.2 Å². The number of hydrogen-bond acceptors (Lipinski definition) is 3. The van der Waals surface area contributed by atoms with Crippen molar-refractivity contribution in [1.29, 1.82) is 0 Å². The van der Waals surface area contributed by atoms with E-state index in [1.165, 1.54) is 11.8 Å². The number of carbonyl (C=O) groups excluding carboxylic acids is 2. The minimum Gasteiger partial charge on any atom is -0.308 e. The first-order valence-electron chi connectivity index (χ1n) is 11.6. The number of fused-ring (bicyclic) bond motifs is 2. The lowest BCUT2D eigenvalue weighted by molar-refractivity contribution is -0.123. The minimum atomic E-state index is -1.19. The van der Waals surface area contributed by atoms with Crippen LogP contribution in [0.2, 0.25) is 5.02 Å². The third-order valence-corrected chi connectivity index (χ3v) is 8.42. The van der Waals surface area contributed by atoms with Gasteiger partial charge in [-0.15, -0.1) is 11.8 Å². The molecule has 0 bridgehead atoms. The first-order valence-corrected chi connectivity index (χ1v) is 12.8. The molecule has 1 unspecified atom stereocenters. The molecule has 2 aliphatic heterocycles. The van der Waals surface area contributed by atoms with Gasteiger partial charge in [0.15, 0.2) is 4.87 Å². The maximum absolute atomic E-state index is 14.4. The average Bonchev–Trinajstić information content (AvgIpc) is 3.21. The fourth-order valence-electron chi connectivity index (χ4n) is 5.00. The second kappa shape index (κ2) is 8.61. The molecule has 1 fully saturated rings. The van der Waals surface area contributed by atoms with E-state index in [0.29, 0.717) is 23.8 Å². The highest BCUT2D eigenvalue weighted by molar-refractivity contribution is 8.02. The molecule has 5 rings (SSSR count). The lowest BCUT2D eigenvalue weighted by atomic mass is 10.0. The lowest BCUT2D eigenvalue weighted by Gasteiger charge is -2.33. The largest absolute Gasteiger partial charge is 0.323 e. The number of nitrogens with zero attached hydrogens (tertiary/aromatic N) is 2. The van der Waals surface area contributed by atoms with Gasteiger partial charge < -0.3 is 10.2 Å². The maximum atomic E-state index is 14.4. The average molecular weight is 506 g/mol. The molecule has 0 radical (unpaired) electrons. The van der Waals surface area contributed by atoms with E-state index in [9.17, 15) is 9.59 Å². The normalized spacial score (nSPS) is 20.4. The van der Waals surface area contributed by atoms with Crippen LogP contribution < -0.4 is 10.2 Å². The van der Waals surface area contributed by atoms with Crippen LogP contribution in [-0.4, -0.2) is 28.1 Å². The van der Waals surface area contributed by atoms with E-state index in [1.807, 2.05) is 74.5 Å². The summed E-state index contributed by atoms with van der Waals surface area (Å²) in [5.74, 6) is -0.118. The van der Waals surface area contributed by atoms with Crippen molar-refractivity contribution in [2.75, 3.05) is 16.8 Å². The van der Waals surface area contributed by atoms with E-state index >= 15 is 0 Å². The third-order valence-electron chi connectivity index (χ3n) is 6.60. The van der Waals surface area contributed by atoms with Gasteiger partial charge in [0.25, 0.3) is 5.91 Å². The highest BCUT2D eigenvalue weighted by Gasteiger charge is 2.63. The van der Waals surface area contributed by atoms with Crippen LogP contribution >= 0.6 is 23.4 Å². The number of aryl methyl sites for hydroxylation is 2. The Hall–Kier alpha value is -2.96. The Balaban J connectivity index is 1.60. The van der Waals surface area contributed by atoms with Crippen molar-refractivity contribution in [3.05, 3.63) is 94.0 Å². The molecule has 180 valence electrons. The van der Waals surface area contributed by atoms with Crippen molar-refractivity contribution in [2.45, 2.75) is 43.9 Å². The zero-order valence-electron chi connectivity index (χ0n) is 20.3. The zero-order valence-corrected chi connectivity index (χ0v) is 21.8. The number of thioether (sulfide) groups is 1. The lowest BCUT2D eigenvalue weighted by Crippen LogP contribution is -2.51. The van der Waals surface area contributed by atoms with Gasteiger partial charge in [-0.1, -0.05) is 48.0 Å². The first-order chi connectivity index (χ1) is 16.6. The number of benzene rings is 3. The predicted octanol–water partition coefficient (Wildman–Crippen LogP) is 6.72. The summed E-state index contributed by atoms with van der Waals surface area (Å²) >= 11 is 7.97. The van der Waals surface area contributed by atoms with Crippen molar-refractivity contribution in [1.82, 2.24) is 4.90 Å². The van der Waals surface area contributed by atoms with E-state index < -0.39 is 4.87 Å². The smallest absolute Gasteiger partial charge is 0.308 e. The fourth-order valence-corrected chi connectivity index (χ4v) is 6.90. The van der Waals surface area contributed by atoms with E-state index in [-0.39, 0.29) is 16.7 Å². The van der Waals surface area contributed by atoms with Gasteiger partial charge in [0, 0.05) is 27.6 Å². The number of nitrogens with one attached hydrogen (secondary N) is 1. The van der Waals surface area contributed by atoms with Gasteiger partial charge in [0.2, 0.25) is 0 Å². The summed E-state index contributed by atoms with van der Waals surface area (Å²) in [5.41, 5.74) is 5.49. The monoisotopic (exact) mass is 505 g/mol. The molecule has 3 aromatic rings. The van der Waals surface area contributed by atoms with Gasteiger partial charge in [-0.2, -0.15) is 0 Å². The minimum absolute atomic E-state index is 0.118. The second-order valence-electron chi connectivity index (χ2n) is 9.87. The Morgan fingerprint density at radius 3 is 2.57 bits per heavy atom. The van der Waals surface area contributed by atoms with Gasteiger partial charge in [-0.25, -0.2) is 4.79 Å².